The van der Waals surface area contributed by atoms with Gasteiger partial charge in [0, 0.05) is 12.3 Å². The standard InChI is InChI=1S/C13H21NO2/c1-4-9-11(16)14-10(15)7-13(9)6-5-12(2,3)8-13/h9H,4-8H2,1-3H3,(H,14,15,16). The van der Waals surface area contributed by atoms with Gasteiger partial charge in [-0.2, -0.15) is 0 Å². The van der Waals surface area contributed by atoms with Crippen molar-refractivity contribution in [3.8, 4) is 0 Å². The van der Waals surface area contributed by atoms with E-state index in [0.717, 1.165) is 25.7 Å². The van der Waals surface area contributed by atoms with Crippen LogP contribution in [0.15, 0.2) is 0 Å². The van der Waals surface area contributed by atoms with E-state index in [1.54, 1.807) is 0 Å². The first-order chi connectivity index (χ1) is 7.38. The maximum atomic E-state index is 11.9. The number of imide groups is 1. The first-order valence-corrected chi connectivity index (χ1v) is 6.22. The van der Waals surface area contributed by atoms with Crippen LogP contribution in [0.25, 0.3) is 0 Å². The van der Waals surface area contributed by atoms with Crippen molar-refractivity contribution in [1.82, 2.24) is 5.32 Å². The van der Waals surface area contributed by atoms with Crippen LogP contribution in [0.3, 0.4) is 0 Å². The van der Waals surface area contributed by atoms with Crippen molar-refractivity contribution in [3.63, 3.8) is 0 Å². The van der Waals surface area contributed by atoms with Gasteiger partial charge in [0.15, 0.2) is 0 Å². The molecule has 2 atom stereocenters. The van der Waals surface area contributed by atoms with Crippen molar-refractivity contribution in [2.45, 2.75) is 52.9 Å². The Morgan fingerprint density at radius 2 is 2.00 bits per heavy atom. The van der Waals surface area contributed by atoms with E-state index >= 15 is 0 Å². The summed E-state index contributed by atoms with van der Waals surface area (Å²) >= 11 is 0. The molecule has 90 valence electrons. The molecule has 2 fully saturated rings. The molecule has 0 bridgehead atoms. The largest absolute Gasteiger partial charge is 0.296 e. The zero-order chi connectivity index (χ0) is 12.0. The van der Waals surface area contributed by atoms with Gasteiger partial charge in [0.2, 0.25) is 11.8 Å². The zero-order valence-corrected chi connectivity index (χ0v) is 10.4. The lowest BCUT2D eigenvalue weighted by molar-refractivity contribution is -0.144. The Balaban J connectivity index is 2.29. The molecule has 1 aliphatic carbocycles. The minimum absolute atomic E-state index is 0.0342. The van der Waals surface area contributed by atoms with Crippen molar-refractivity contribution < 1.29 is 9.59 Å². The fourth-order valence-corrected chi connectivity index (χ4v) is 3.77. The predicted molar refractivity (Wildman–Crippen MR) is 61.6 cm³/mol. The Morgan fingerprint density at radius 1 is 1.31 bits per heavy atom. The normalized spacial score (nSPS) is 37.8. The van der Waals surface area contributed by atoms with Crippen molar-refractivity contribution in [2.24, 2.45) is 16.7 Å². The number of carbonyl (C=O) groups excluding carboxylic acids is 2. The predicted octanol–water partition coefficient (Wildman–Crippen LogP) is 2.26. The second-order valence-electron chi connectivity index (χ2n) is 6.25. The topological polar surface area (TPSA) is 46.2 Å². The molecule has 1 aliphatic heterocycles. The van der Waals surface area contributed by atoms with Crippen LogP contribution in [0, 0.1) is 16.7 Å². The quantitative estimate of drug-likeness (QED) is 0.693. The number of carbonyl (C=O) groups is 2. The van der Waals surface area contributed by atoms with Crippen LogP contribution in [-0.2, 0) is 9.59 Å². The molecule has 0 aromatic rings. The van der Waals surface area contributed by atoms with Crippen LogP contribution in [0.1, 0.15) is 52.9 Å². The molecule has 0 aromatic heterocycles. The average molecular weight is 223 g/mol. The first kappa shape index (κ1) is 11.6. The van der Waals surface area contributed by atoms with Crippen molar-refractivity contribution in [1.29, 1.82) is 0 Å². The van der Waals surface area contributed by atoms with Crippen molar-refractivity contribution >= 4 is 11.8 Å². The summed E-state index contributed by atoms with van der Waals surface area (Å²) in [5.74, 6) is -0.0872. The van der Waals surface area contributed by atoms with E-state index in [4.69, 9.17) is 0 Å². The van der Waals surface area contributed by atoms with Gasteiger partial charge in [-0.05, 0) is 36.5 Å². The molecule has 2 aliphatic rings. The van der Waals surface area contributed by atoms with Gasteiger partial charge >= 0.3 is 0 Å². The summed E-state index contributed by atoms with van der Waals surface area (Å²) in [7, 11) is 0. The SMILES string of the molecule is CCC1C(=O)NC(=O)CC12CCC(C)(C)C2. The number of amides is 2. The Hall–Kier alpha value is -0.860. The molecule has 2 rings (SSSR count). The number of nitrogens with one attached hydrogen (secondary N) is 1. The molecule has 2 amide bonds. The molecular weight excluding hydrogens is 202 g/mol. The summed E-state index contributed by atoms with van der Waals surface area (Å²) in [6, 6.07) is 0. The Bertz CT molecular complexity index is 335. The molecule has 3 heteroatoms. The monoisotopic (exact) mass is 223 g/mol. The van der Waals surface area contributed by atoms with E-state index in [0.29, 0.717) is 6.42 Å². The van der Waals surface area contributed by atoms with Gasteiger partial charge in [-0.25, -0.2) is 0 Å². The highest BCUT2D eigenvalue weighted by molar-refractivity contribution is 5.99. The molecule has 1 heterocycles. The first-order valence-electron chi connectivity index (χ1n) is 6.22. The van der Waals surface area contributed by atoms with Gasteiger partial charge in [0.25, 0.3) is 0 Å². The Morgan fingerprint density at radius 3 is 2.50 bits per heavy atom. The van der Waals surface area contributed by atoms with Crippen LogP contribution in [0.4, 0.5) is 0 Å². The minimum Gasteiger partial charge on any atom is -0.296 e. The molecule has 2 unspecified atom stereocenters. The molecule has 1 spiro atoms. The fraction of sp³-hybridized carbons (Fsp3) is 0.846. The zero-order valence-electron chi connectivity index (χ0n) is 10.4. The number of hydrogen-bond acceptors (Lipinski definition) is 2. The molecule has 1 N–H and O–H groups in total. The molecule has 1 saturated carbocycles. The molecule has 3 nitrogen and oxygen atoms in total. The van der Waals surface area contributed by atoms with Crippen LogP contribution >= 0.6 is 0 Å². The fourth-order valence-electron chi connectivity index (χ4n) is 3.77. The third-order valence-corrected chi connectivity index (χ3v) is 4.37. The molecule has 0 aromatic carbocycles. The van der Waals surface area contributed by atoms with E-state index in [1.807, 2.05) is 6.92 Å². The summed E-state index contributed by atoms with van der Waals surface area (Å²) in [5.41, 5.74) is 0.239. The summed E-state index contributed by atoms with van der Waals surface area (Å²) in [6.45, 7) is 6.53. The second kappa shape index (κ2) is 3.57. The van der Waals surface area contributed by atoms with Gasteiger partial charge in [-0.15, -0.1) is 0 Å². The van der Waals surface area contributed by atoms with E-state index in [1.165, 1.54) is 0 Å². The van der Waals surface area contributed by atoms with E-state index < -0.39 is 0 Å². The number of piperidine rings is 1. The van der Waals surface area contributed by atoms with Gasteiger partial charge < -0.3 is 0 Å². The highest BCUT2D eigenvalue weighted by Gasteiger charge is 2.53. The smallest absolute Gasteiger partial charge is 0.230 e. The highest BCUT2D eigenvalue weighted by Crippen LogP contribution is 2.56. The van der Waals surface area contributed by atoms with Crippen molar-refractivity contribution in [3.05, 3.63) is 0 Å². The number of hydrogen-bond donors (Lipinski definition) is 1. The maximum Gasteiger partial charge on any atom is 0.230 e. The maximum absolute atomic E-state index is 11.9. The van der Waals surface area contributed by atoms with Gasteiger partial charge in [-0.3, -0.25) is 14.9 Å². The molecular formula is C13H21NO2. The average Bonchev–Trinajstić information content (AvgIpc) is 2.41. The Labute approximate surface area is 97.0 Å². The third kappa shape index (κ3) is 1.76. The minimum atomic E-state index is -0.0765. The van der Waals surface area contributed by atoms with Gasteiger partial charge in [-0.1, -0.05) is 20.8 Å². The lowest BCUT2D eigenvalue weighted by Gasteiger charge is -2.40. The summed E-state index contributed by atoms with van der Waals surface area (Å²) in [4.78, 5) is 23.5. The summed E-state index contributed by atoms with van der Waals surface area (Å²) in [6.07, 6.45) is 4.55. The van der Waals surface area contributed by atoms with E-state index in [2.05, 4.69) is 19.2 Å². The van der Waals surface area contributed by atoms with Gasteiger partial charge in [0.1, 0.15) is 0 Å². The molecule has 16 heavy (non-hydrogen) atoms. The third-order valence-electron chi connectivity index (χ3n) is 4.37. The van der Waals surface area contributed by atoms with Crippen LogP contribution < -0.4 is 5.32 Å². The summed E-state index contributed by atoms with van der Waals surface area (Å²) in [5, 5.41) is 2.48. The summed E-state index contributed by atoms with van der Waals surface area (Å²) < 4.78 is 0. The number of rotatable bonds is 1. The van der Waals surface area contributed by atoms with Crippen LogP contribution in [0.2, 0.25) is 0 Å². The van der Waals surface area contributed by atoms with E-state index in [-0.39, 0.29) is 28.6 Å². The lowest BCUT2D eigenvalue weighted by atomic mass is 9.66. The molecule has 1 saturated heterocycles. The van der Waals surface area contributed by atoms with Gasteiger partial charge in [0.05, 0.1) is 0 Å². The van der Waals surface area contributed by atoms with Crippen molar-refractivity contribution in [2.75, 3.05) is 0 Å². The molecule has 0 radical (unpaired) electrons. The van der Waals surface area contributed by atoms with Crippen LogP contribution in [0.5, 0.6) is 0 Å². The Kier molecular flexibility index (Phi) is 2.59. The van der Waals surface area contributed by atoms with Crippen LogP contribution in [-0.4, -0.2) is 11.8 Å². The van der Waals surface area contributed by atoms with E-state index in [9.17, 15) is 9.59 Å². The highest BCUT2D eigenvalue weighted by atomic mass is 16.2. The second-order valence-corrected chi connectivity index (χ2v) is 6.25. The lowest BCUT2D eigenvalue weighted by Crippen LogP contribution is -2.51.